The SMILES string of the molecule is CCCCC[CH2][Hg][n+]1c[nH]c2[nH]c(N)[nH+]c(=S)c21. The second-order valence-electron chi connectivity index (χ2n) is 4.60. The number of hydrogen-bond acceptors (Lipinski definition) is 2. The van der Waals surface area contributed by atoms with Gasteiger partial charge in [-0.2, -0.15) is 0 Å². The summed E-state index contributed by atoms with van der Waals surface area (Å²) in [6.45, 7) is 2.25. The Balaban J connectivity index is 2.08. The fraction of sp³-hybridized carbons (Fsp3) is 0.545. The van der Waals surface area contributed by atoms with Crippen LogP contribution in [0, 0.1) is 4.64 Å². The van der Waals surface area contributed by atoms with Gasteiger partial charge in [0.15, 0.2) is 0 Å². The van der Waals surface area contributed by atoms with Crippen LogP contribution in [0.15, 0.2) is 6.33 Å². The summed E-state index contributed by atoms with van der Waals surface area (Å²) in [5, 5.41) is 0. The standard InChI is InChI=1S/C6H13.C5H5N5S.Hg/c1-3-5-6-4-2;6-5-9-3-2(4(11)10-5)7-1-8-3;/h1,3-6H2,2H3;1H,(H4,6,7,8,9,10,11);/q;;+1/p+1. The van der Waals surface area contributed by atoms with Gasteiger partial charge in [0, 0.05) is 0 Å². The van der Waals surface area contributed by atoms with E-state index >= 15 is 0 Å². The molecule has 0 saturated heterocycles. The number of rotatable bonds is 6. The first-order valence-electron chi connectivity index (χ1n) is 6.54. The van der Waals surface area contributed by atoms with Crippen LogP contribution in [0.4, 0.5) is 5.95 Å². The summed E-state index contributed by atoms with van der Waals surface area (Å²) in [7, 11) is 0. The van der Waals surface area contributed by atoms with Crippen LogP contribution in [-0.2, 0) is 24.9 Å². The number of nitrogens with one attached hydrogen (secondary N) is 3. The molecular weight excluding hydrogens is 435 g/mol. The predicted octanol–water partition coefficient (Wildman–Crippen LogP) is 1.75. The normalized spacial score (nSPS) is 10.7. The van der Waals surface area contributed by atoms with Crippen LogP contribution in [0.2, 0.25) is 3.93 Å². The van der Waals surface area contributed by atoms with Crippen molar-refractivity contribution in [2.24, 2.45) is 0 Å². The Hall–Kier alpha value is -0.495. The third kappa shape index (κ3) is 3.29. The van der Waals surface area contributed by atoms with E-state index in [1.54, 1.807) is 0 Å². The summed E-state index contributed by atoms with van der Waals surface area (Å²) in [5.74, 6) is 0.501. The molecule has 0 aliphatic rings. The molecule has 5 N–H and O–H groups in total. The molecule has 5 nitrogen and oxygen atoms in total. The number of nitrogens with two attached hydrogens (primary N) is 1. The number of hydrogen-bond donors (Lipinski definition) is 3. The quantitative estimate of drug-likeness (QED) is 0.354. The van der Waals surface area contributed by atoms with Gasteiger partial charge in [0.2, 0.25) is 0 Å². The fourth-order valence-corrected chi connectivity index (χ4v) is 9.47. The van der Waals surface area contributed by atoms with Crippen LogP contribution >= 0.6 is 12.2 Å². The number of aromatic amines is 3. The van der Waals surface area contributed by atoms with Crippen LogP contribution in [-0.4, -0.2) is 9.97 Å². The van der Waals surface area contributed by atoms with Crippen molar-refractivity contribution < 1.29 is 32.2 Å². The van der Waals surface area contributed by atoms with Gasteiger partial charge in [-0.3, -0.25) is 0 Å². The average Bonchev–Trinajstić information content (AvgIpc) is 2.72. The molecule has 0 spiro atoms. The fourth-order valence-electron chi connectivity index (χ4n) is 2.17. The second-order valence-corrected chi connectivity index (χ2v) is 12.1. The first kappa shape index (κ1) is 13.9. The topological polar surface area (TPSA) is 75.6 Å². The van der Waals surface area contributed by atoms with Gasteiger partial charge in [-0.1, -0.05) is 0 Å². The number of fused-ring (bicyclic) bond motifs is 1. The maximum atomic E-state index is 5.70. The van der Waals surface area contributed by atoms with E-state index in [0.717, 1.165) is 15.8 Å². The summed E-state index contributed by atoms with van der Waals surface area (Å²) < 4.78 is 4.50. The van der Waals surface area contributed by atoms with Crippen molar-refractivity contribution in [3.63, 3.8) is 0 Å². The van der Waals surface area contributed by atoms with Crippen molar-refractivity contribution in [2.75, 3.05) is 5.73 Å². The summed E-state index contributed by atoms with van der Waals surface area (Å²) in [4.78, 5) is 9.28. The van der Waals surface area contributed by atoms with Crippen molar-refractivity contribution in [1.82, 2.24) is 9.97 Å². The second kappa shape index (κ2) is 6.61. The zero-order chi connectivity index (χ0) is 13.0. The first-order valence-corrected chi connectivity index (χ1v) is 13.3. The molecule has 0 fully saturated rings. The number of unbranched alkanes of at least 4 members (excludes halogenated alkanes) is 3. The number of imidazole rings is 1. The van der Waals surface area contributed by atoms with E-state index in [1.165, 1.54) is 29.6 Å². The van der Waals surface area contributed by atoms with Gasteiger partial charge >= 0.3 is 125 Å². The van der Waals surface area contributed by atoms with Crippen molar-refractivity contribution in [3.8, 4) is 0 Å². The molecule has 0 saturated carbocycles. The molecule has 0 unspecified atom stereocenters. The Morgan fingerprint density at radius 1 is 1.44 bits per heavy atom. The van der Waals surface area contributed by atoms with E-state index in [0.29, 0.717) is 5.95 Å². The predicted molar refractivity (Wildman–Crippen MR) is 69.0 cm³/mol. The zero-order valence-electron chi connectivity index (χ0n) is 10.8. The maximum absolute atomic E-state index is 5.70. The molecule has 0 aliphatic carbocycles. The Kier molecular flexibility index (Phi) is 5.11. The van der Waals surface area contributed by atoms with Crippen molar-refractivity contribution >= 4 is 29.3 Å². The van der Waals surface area contributed by atoms with Crippen LogP contribution < -0.4 is 13.0 Å². The number of aromatic nitrogens is 4. The van der Waals surface area contributed by atoms with Gasteiger partial charge in [0.25, 0.3) is 0 Å². The molecule has 2 rings (SSSR count). The number of nitrogen functional groups attached to an aromatic ring is 1. The molecule has 0 bridgehead atoms. The molecule has 2 heterocycles. The summed E-state index contributed by atoms with van der Waals surface area (Å²) in [6.07, 6.45) is 7.44. The van der Waals surface area contributed by atoms with Crippen molar-refractivity contribution in [2.45, 2.75) is 36.5 Å². The van der Waals surface area contributed by atoms with E-state index in [9.17, 15) is 0 Å². The molecule has 18 heavy (non-hydrogen) atoms. The van der Waals surface area contributed by atoms with Gasteiger partial charge in [-0.05, 0) is 0 Å². The van der Waals surface area contributed by atoms with Crippen molar-refractivity contribution in [3.05, 3.63) is 11.0 Å². The molecule has 94 valence electrons. The molecule has 0 radical (unpaired) electrons. The van der Waals surface area contributed by atoms with Gasteiger partial charge < -0.3 is 0 Å². The minimum absolute atomic E-state index is 0.501. The van der Waals surface area contributed by atoms with E-state index in [2.05, 4.69) is 24.2 Å². The summed E-state index contributed by atoms with van der Waals surface area (Å²) >= 11 is 4.25. The molecular formula is C11H19HgN5S+2. The van der Waals surface area contributed by atoms with Gasteiger partial charge in [0.05, 0.1) is 0 Å². The molecule has 0 aliphatic heterocycles. The third-order valence-electron chi connectivity index (χ3n) is 3.11. The van der Waals surface area contributed by atoms with E-state index in [-0.39, 0.29) is 0 Å². The molecule has 7 heteroatoms. The Morgan fingerprint density at radius 2 is 2.28 bits per heavy atom. The minimum atomic E-state index is -1.09. The van der Waals surface area contributed by atoms with Gasteiger partial charge in [0.1, 0.15) is 0 Å². The van der Waals surface area contributed by atoms with Crippen LogP contribution in [0.3, 0.4) is 0 Å². The van der Waals surface area contributed by atoms with Crippen LogP contribution in [0.5, 0.6) is 0 Å². The third-order valence-corrected chi connectivity index (χ3v) is 10.4. The van der Waals surface area contributed by atoms with Crippen molar-refractivity contribution in [1.29, 1.82) is 0 Å². The van der Waals surface area contributed by atoms with Crippen LogP contribution in [0.1, 0.15) is 32.6 Å². The van der Waals surface area contributed by atoms with E-state index < -0.39 is 24.9 Å². The molecule has 0 atom stereocenters. The van der Waals surface area contributed by atoms with Gasteiger partial charge in [-0.15, -0.1) is 0 Å². The molecule has 2 aromatic heterocycles. The van der Waals surface area contributed by atoms with Gasteiger partial charge in [-0.25, -0.2) is 0 Å². The molecule has 0 aromatic carbocycles. The Labute approximate surface area is 124 Å². The Bertz CT molecular complexity index is 576. The zero-order valence-corrected chi connectivity index (χ0v) is 17.1. The Morgan fingerprint density at radius 3 is 3.06 bits per heavy atom. The first-order chi connectivity index (χ1) is 8.72. The molecule has 0 amide bonds. The van der Waals surface area contributed by atoms with Crippen LogP contribution in [0.25, 0.3) is 11.2 Å². The summed E-state index contributed by atoms with van der Waals surface area (Å²) in [6, 6.07) is 0. The number of H-pyrrole nitrogens is 3. The number of anilines is 1. The monoisotopic (exact) mass is 455 g/mol. The van der Waals surface area contributed by atoms with E-state index in [4.69, 9.17) is 18.0 Å². The number of nitrogens with zero attached hydrogens (tertiary/aromatic N) is 1. The average molecular weight is 454 g/mol. The molecule has 2 aromatic rings. The summed E-state index contributed by atoms with van der Waals surface area (Å²) in [5.41, 5.74) is 7.73. The van der Waals surface area contributed by atoms with E-state index in [1.807, 2.05) is 6.33 Å².